The van der Waals surface area contributed by atoms with Crippen molar-refractivity contribution in [2.24, 2.45) is 0 Å². The molecule has 1 aromatic heterocycles. The van der Waals surface area contributed by atoms with E-state index in [9.17, 15) is 18.4 Å². The van der Waals surface area contributed by atoms with Crippen molar-refractivity contribution in [3.8, 4) is 11.4 Å². The number of carbonyl (C=O) groups excluding carboxylic acids is 2. The fourth-order valence-corrected chi connectivity index (χ4v) is 4.00. The number of ketones is 1. The zero-order chi connectivity index (χ0) is 24.4. The number of nitrogens with zero attached hydrogens (tertiary/aromatic N) is 1. The molecule has 0 saturated carbocycles. The Morgan fingerprint density at radius 2 is 1.56 bits per heavy atom. The highest BCUT2D eigenvalue weighted by Gasteiger charge is 2.25. The number of alkyl halides is 2. The maximum Gasteiger partial charge on any atom is 0.387 e. The van der Waals surface area contributed by atoms with Crippen LogP contribution in [-0.2, 0) is 4.74 Å². The van der Waals surface area contributed by atoms with E-state index >= 15 is 0 Å². The van der Waals surface area contributed by atoms with Crippen molar-refractivity contribution < 1.29 is 27.8 Å². The second kappa shape index (κ2) is 9.47. The van der Waals surface area contributed by atoms with Crippen LogP contribution in [0.1, 0.15) is 39.0 Å². The molecule has 0 radical (unpaired) electrons. The Hall–Kier alpha value is -4.00. The van der Waals surface area contributed by atoms with Gasteiger partial charge in [-0.05, 0) is 74.0 Å². The minimum Gasteiger partial charge on any atom is -0.451 e. The number of hydrogen-bond donors (Lipinski definition) is 0. The summed E-state index contributed by atoms with van der Waals surface area (Å²) in [7, 11) is 0. The van der Waals surface area contributed by atoms with Crippen LogP contribution in [-0.4, -0.2) is 29.0 Å². The predicted molar refractivity (Wildman–Crippen MR) is 125 cm³/mol. The van der Waals surface area contributed by atoms with E-state index in [0.717, 1.165) is 16.5 Å². The monoisotopic (exact) mass is 463 g/mol. The number of carbonyl (C=O) groups is 2. The summed E-state index contributed by atoms with van der Waals surface area (Å²) in [5.41, 5.74) is 2.91. The van der Waals surface area contributed by atoms with Crippen LogP contribution in [0.15, 0.2) is 72.8 Å². The van der Waals surface area contributed by atoms with Crippen LogP contribution >= 0.6 is 0 Å². The van der Waals surface area contributed by atoms with Crippen LogP contribution in [0.3, 0.4) is 0 Å². The minimum absolute atomic E-state index is 0.0479. The second-order valence-electron chi connectivity index (χ2n) is 7.97. The summed E-state index contributed by atoms with van der Waals surface area (Å²) in [5.74, 6) is -0.854. The van der Waals surface area contributed by atoms with Crippen molar-refractivity contribution >= 4 is 22.5 Å². The van der Waals surface area contributed by atoms with E-state index in [-0.39, 0.29) is 11.5 Å². The van der Waals surface area contributed by atoms with Gasteiger partial charge >= 0.3 is 12.6 Å². The van der Waals surface area contributed by atoms with Crippen LogP contribution < -0.4 is 4.74 Å². The molecule has 0 aliphatic carbocycles. The fourth-order valence-electron chi connectivity index (χ4n) is 4.00. The zero-order valence-electron chi connectivity index (χ0n) is 18.9. The first-order valence-corrected chi connectivity index (χ1v) is 10.7. The molecule has 5 nitrogen and oxygen atoms in total. The van der Waals surface area contributed by atoms with Gasteiger partial charge in [-0.1, -0.05) is 30.3 Å². The van der Waals surface area contributed by atoms with E-state index in [1.807, 2.05) is 41.8 Å². The molecule has 4 aromatic rings. The summed E-state index contributed by atoms with van der Waals surface area (Å²) in [4.78, 5) is 25.8. The van der Waals surface area contributed by atoms with Gasteiger partial charge in [0.2, 0.25) is 5.78 Å². The number of fused-ring (bicyclic) bond motifs is 1. The van der Waals surface area contributed by atoms with E-state index in [4.69, 9.17) is 4.74 Å². The molecule has 34 heavy (non-hydrogen) atoms. The van der Waals surface area contributed by atoms with Gasteiger partial charge in [-0.15, -0.1) is 0 Å². The second-order valence-corrected chi connectivity index (χ2v) is 7.97. The smallest absolute Gasteiger partial charge is 0.387 e. The summed E-state index contributed by atoms with van der Waals surface area (Å²) in [6, 6.07) is 20.8. The number of Topliss-reactive ketones (excluding diaryl/α,β-unsaturated/α-hetero) is 1. The van der Waals surface area contributed by atoms with Crippen LogP contribution in [0.5, 0.6) is 5.75 Å². The highest BCUT2D eigenvalue weighted by Crippen LogP contribution is 2.25. The maximum atomic E-state index is 13.1. The largest absolute Gasteiger partial charge is 0.451 e. The first-order valence-electron chi connectivity index (χ1n) is 10.7. The highest BCUT2D eigenvalue weighted by atomic mass is 19.3. The molecule has 3 aromatic carbocycles. The van der Waals surface area contributed by atoms with E-state index in [2.05, 4.69) is 4.74 Å². The molecule has 0 amide bonds. The number of halogens is 2. The quantitative estimate of drug-likeness (QED) is 0.239. The average molecular weight is 463 g/mol. The third kappa shape index (κ3) is 4.69. The first-order chi connectivity index (χ1) is 16.2. The molecule has 0 spiro atoms. The predicted octanol–water partition coefficient (Wildman–Crippen LogP) is 6.28. The number of benzene rings is 3. The molecular weight excluding hydrogens is 440 g/mol. The lowest BCUT2D eigenvalue weighted by Gasteiger charge is -2.14. The summed E-state index contributed by atoms with van der Waals surface area (Å²) in [5, 5.41) is 1.91. The van der Waals surface area contributed by atoms with Crippen molar-refractivity contribution in [1.29, 1.82) is 0 Å². The van der Waals surface area contributed by atoms with Gasteiger partial charge in [0.05, 0.1) is 5.56 Å². The van der Waals surface area contributed by atoms with Crippen LogP contribution in [0.4, 0.5) is 8.78 Å². The third-order valence-electron chi connectivity index (χ3n) is 5.65. The van der Waals surface area contributed by atoms with Crippen molar-refractivity contribution in [3.63, 3.8) is 0 Å². The number of rotatable bonds is 7. The van der Waals surface area contributed by atoms with Crippen molar-refractivity contribution in [3.05, 3.63) is 95.3 Å². The Balaban J connectivity index is 1.52. The van der Waals surface area contributed by atoms with E-state index in [0.29, 0.717) is 22.5 Å². The normalized spacial score (nSPS) is 12.1. The van der Waals surface area contributed by atoms with Crippen LogP contribution in [0.2, 0.25) is 0 Å². The van der Waals surface area contributed by atoms with Crippen molar-refractivity contribution in [2.45, 2.75) is 33.5 Å². The number of aromatic nitrogens is 1. The molecule has 0 saturated heterocycles. The van der Waals surface area contributed by atoms with Gasteiger partial charge < -0.3 is 14.0 Å². The molecule has 7 heteroatoms. The number of ether oxygens (including phenoxy) is 2. The fraction of sp³-hybridized carbons (Fsp3) is 0.185. The Bertz CT molecular complexity index is 1360. The van der Waals surface area contributed by atoms with Crippen molar-refractivity contribution in [2.75, 3.05) is 0 Å². The van der Waals surface area contributed by atoms with E-state index in [1.165, 1.54) is 12.1 Å². The third-order valence-corrected chi connectivity index (χ3v) is 5.65. The highest BCUT2D eigenvalue weighted by molar-refractivity contribution is 6.03. The Morgan fingerprint density at radius 3 is 2.24 bits per heavy atom. The molecule has 0 aliphatic heterocycles. The van der Waals surface area contributed by atoms with Crippen LogP contribution in [0.25, 0.3) is 16.5 Å². The van der Waals surface area contributed by atoms with Gasteiger partial charge in [-0.25, -0.2) is 4.79 Å². The Morgan fingerprint density at radius 1 is 0.882 bits per heavy atom. The summed E-state index contributed by atoms with van der Waals surface area (Å²) in [6.07, 6.45) is -0.991. The Kier molecular flexibility index (Phi) is 6.45. The van der Waals surface area contributed by atoms with Gasteiger partial charge in [0, 0.05) is 22.6 Å². The molecule has 1 atom stereocenters. The van der Waals surface area contributed by atoms with Gasteiger partial charge in [-0.3, -0.25) is 4.79 Å². The van der Waals surface area contributed by atoms with Gasteiger partial charge in [0.15, 0.2) is 6.10 Å². The molecular formula is C27H23F2NO4. The summed E-state index contributed by atoms with van der Waals surface area (Å²) >= 11 is 0. The van der Waals surface area contributed by atoms with Crippen molar-refractivity contribution in [1.82, 2.24) is 4.57 Å². The molecule has 174 valence electrons. The molecule has 1 unspecified atom stereocenters. The molecule has 0 N–H and O–H groups in total. The lowest BCUT2D eigenvalue weighted by atomic mass is 10.1. The van der Waals surface area contributed by atoms with Gasteiger partial charge in [0.25, 0.3) is 0 Å². The lowest BCUT2D eigenvalue weighted by molar-refractivity contribution is -0.0498. The first kappa shape index (κ1) is 23.2. The maximum absolute atomic E-state index is 13.1. The number of esters is 1. The summed E-state index contributed by atoms with van der Waals surface area (Å²) in [6.45, 7) is 2.26. The van der Waals surface area contributed by atoms with E-state index in [1.54, 1.807) is 44.2 Å². The molecule has 0 fully saturated rings. The van der Waals surface area contributed by atoms with Gasteiger partial charge in [-0.2, -0.15) is 8.78 Å². The molecule has 0 bridgehead atoms. The molecule has 0 aliphatic rings. The number of hydrogen-bond acceptors (Lipinski definition) is 4. The standard InChI is InChI=1S/C27H23F2NO4/c1-16-14-24(17(2)30(16)22-10-12-23(13-11-22)34-27(28)29)25(31)18(3)33-26(32)21-9-8-19-6-4-5-7-20(19)15-21/h4-15,18,27H,1-3H3. The number of aryl methyl sites for hydroxylation is 1. The Labute approximate surface area is 195 Å². The minimum atomic E-state index is -2.90. The van der Waals surface area contributed by atoms with Crippen LogP contribution in [0, 0.1) is 13.8 Å². The molecule has 4 rings (SSSR count). The molecule has 1 heterocycles. The summed E-state index contributed by atoms with van der Waals surface area (Å²) < 4.78 is 36.5. The zero-order valence-corrected chi connectivity index (χ0v) is 18.9. The van der Waals surface area contributed by atoms with Gasteiger partial charge in [0.1, 0.15) is 5.75 Å². The topological polar surface area (TPSA) is 57.5 Å². The lowest BCUT2D eigenvalue weighted by Crippen LogP contribution is -2.25. The SMILES string of the molecule is Cc1cc(C(=O)C(C)OC(=O)c2ccc3ccccc3c2)c(C)n1-c1ccc(OC(F)F)cc1. The average Bonchev–Trinajstić information content (AvgIpc) is 3.12. The van der Waals surface area contributed by atoms with E-state index < -0.39 is 18.7 Å².